The minimum absolute atomic E-state index is 0.00782. The first-order valence-corrected chi connectivity index (χ1v) is 6.35. The van der Waals surface area contributed by atoms with Crippen molar-refractivity contribution in [1.82, 2.24) is 0 Å². The van der Waals surface area contributed by atoms with E-state index >= 15 is 0 Å². The molecule has 0 saturated heterocycles. The van der Waals surface area contributed by atoms with Crippen LogP contribution in [0.1, 0.15) is 54.4 Å². The lowest BCUT2D eigenvalue weighted by Crippen LogP contribution is -2.50. The van der Waals surface area contributed by atoms with E-state index in [9.17, 15) is 14.4 Å². The molecule has 0 amide bonds. The number of Topliss-reactive ketones (excluding diaryl/α,β-unsaturated/α-hetero) is 2. The fourth-order valence-corrected chi connectivity index (χ4v) is 1.49. The molecule has 1 aliphatic carbocycles. The van der Waals surface area contributed by atoms with Crippen LogP contribution in [0.15, 0.2) is 0 Å². The molecule has 104 valence electrons. The van der Waals surface area contributed by atoms with Crippen LogP contribution in [0.4, 0.5) is 0 Å². The molecule has 0 aromatic carbocycles. The van der Waals surface area contributed by atoms with Gasteiger partial charge >= 0.3 is 5.97 Å². The Bertz CT molecular complexity index is 318. The van der Waals surface area contributed by atoms with Gasteiger partial charge in [0, 0.05) is 12.8 Å². The summed E-state index contributed by atoms with van der Waals surface area (Å²) in [5.74, 6) is -0.0525. The number of ketones is 2. The SMILES string of the molecule is CC(=O)C1(C(=O)OC(C)C)CC(=O)C1.CC(C)C. The largest absolute Gasteiger partial charge is 0.462 e. The van der Waals surface area contributed by atoms with Gasteiger partial charge in [-0.05, 0) is 26.7 Å². The molecule has 1 aliphatic rings. The van der Waals surface area contributed by atoms with Crippen LogP contribution in [0.5, 0.6) is 0 Å². The molecule has 0 radical (unpaired) electrons. The maximum atomic E-state index is 11.5. The van der Waals surface area contributed by atoms with Crippen molar-refractivity contribution < 1.29 is 19.1 Å². The van der Waals surface area contributed by atoms with Crippen LogP contribution in [0, 0.1) is 11.3 Å². The fraction of sp³-hybridized carbons (Fsp3) is 0.786. The van der Waals surface area contributed by atoms with Crippen LogP contribution in [0.25, 0.3) is 0 Å². The first kappa shape index (κ1) is 16.8. The van der Waals surface area contributed by atoms with E-state index in [0.717, 1.165) is 5.92 Å². The van der Waals surface area contributed by atoms with Gasteiger partial charge in [-0.15, -0.1) is 0 Å². The summed E-state index contributed by atoms with van der Waals surface area (Å²) >= 11 is 0. The first-order valence-electron chi connectivity index (χ1n) is 6.35. The molecule has 18 heavy (non-hydrogen) atoms. The number of carbonyl (C=O) groups is 3. The molecule has 1 rings (SSSR count). The predicted molar refractivity (Wildman–Crippen MR) is 69.1 cm³/mol. The van der Waals surface area contributed by atoms with E-state index in [0.29, 0.717) is 0 Å². The molecule has 0 spiro atoms. The van der Waals surface area contributed by atoms with E-state index < -0.39 is 11.4 Å². The maximum absolute atomic E-state index is 11.5. The minimum Gasteiger partial charge on any atom is -0.462 e. The number of rotatable bonds is 3. The van der Waals surface area contributed by atoms with Gasteiger partial charge in [-0.25, -0.2) is 0 Å². The summed E-state index contributed by atoms with van der Waals surface area (Å²) in [6.07, 6.45) is -0.240. The van der Waals surface area contributed by atoms with Crippen LogP contribution < -0.4 is 0 Å². The second-order valence-electron chi connectivity index (χ2n) is 5.72. The molecular weight excluding hydrogens is 232 g/mol. The topological polar surface area (TPSA) is 60.4 Å². The lowest BCUT2D eigenvalue weighted by Gasteiger charge is -2.35. The zero-order chi connectivity index (χ0) is 14.5. The van der Waals surface area contributed by atoms with Gasteiger partial charge in [-0.2, -0.15) is 0 Å². The summed E-state index contributed by atoms with van der Waals surface area (Å²) in [5, 5.41) is 0. The third-order valence-corrected chi connectivity index (χ3v) is 2.41. The van der Waals surface area contributed by atoms with E-state index in [-0.39, 0.29) is 30.5 Å². The Morgan fingerprint density at radius 2 is 1.50 bits per heavy atom. The Kier molecular flexibility index (Phi) is 6.22. The average Bonchev–Trinajstić information content (AvgIpc) is 2.09. The van der Waals surface area contributed by atoms with E-state index in [4.69, 9.17) is 4.74 Å². The van der Waals surface area contributed by atoms with Crippen molar-refractivity contribution in [2.45, 2.75) is 60.5 Å². The lowest BCUT2D eigenvalue weighted by molar-refractivity contribution is -0.172. The Hall–Kier alpha value is -1.19. The van der Waals surface area contributed by atoms with Crippen molar-refractivity contribution in [2.75, 3.05) is 0 Å². The molecule has 0 aromatic heterocycles. The van der Waals surface area contributed by atoms with Gasteiger partial charge < -0.3 is 4.74 Å². The molecule has 0 atom stereocenters. The molecule has 0 aromatic rings. The number of hydrogen-bond donors (Lipinski definition) is 0. The van der Waals surface area contributed by atoms with Gasteiger partial charge in [0.05, 0.1) is 6.10 Å². The Balaban J connectivity index is 0.000000631. The highest BCUT2D eigenvalue weighted by Crippen LogP contribution is 2.40. The van der Waals surface area contributed by atoms with Gasteiger partial charge in [-0.1, -0.05) is 20.8 Å². The highest BCUT2D eigenvalue weighted by atomic mass is 16.5. The van der Waals surface area contributed by atoms with Crippen molar-refractivity contribution in [3.63, 3.8) is 0 Å². The number of carbonyl (C=O) groups excluding carboxylic acids is 3. The molecule has 0 aliphatic heterocycles. The highest BCUT2D eigenvalue weighted by Gasteiger charge is 2.55. The summed E-state index contributed by atoms with van der Waals surface area (Å²) in [6, 6.07) is 0. The van der Waals surface area contributed by atoms with E-state index in [1.165, 1.54) is 6.92 Å². The summed E-state index contributed by atoms with van der Waals surface area (Å²) in [7, 11) is 0. The van der Waals surface area contributed by atoms with E-state index in [1.807, 2.05) is 0 Å². The second-order valence-corrected chi connectivity index (χ2v) is 5.72. The molecule has 4 nitrogen and oxygen atoms in total. The van der Waals surface area contributed by atoms with E-state index in [2.05, 4.69) is 20.8 Å². The highest BCUT2D eigenvalue weighted by molar-refractivity contribution is 6.13. The standard InChI is InChI=1S/C10H14O4.C4H10/c1-6(2)14-9(13)10(7(3)11)4-8(12)5-10;1-4(2)3/h6H,4-5H2,1-3H3;4H,1-3H3. The maximum Gasteiger partial charge on any atom is 0.320 e. The molecule has 4 heteroatoms. The molecule has 0 bridgehead atoms. The average molecular weight is 256 g/mol. The van der Waals surface area contributed by atoms with Crippen LogP contribution in [-0.2, 0) is 19.1 Å². The van der Waals surface area contributed by atoms with Crippen LogP contribution in [-0.4, -0.2) is 23.6 Å². The first-order chi connectivity index (χ1) is 8.11. The number of ether oxygens (including phenoxy) is 1. The van der Waals surface area contributed by atoms with Gasteiger partial charge in [0.25, 0.3) is 0 Å². The van der Waals surface area contributed by atoms with Crippen molar-refractivity contribution in [1.29, 1.82) is 0 Å². The Morgan fingerprint density at radius 1 is 1.11 bits per heavy atom. The van der Waals surface area contributed by atoms with Crippen LogP contribution in [0.3, 0.4) is 0 Å². The molecular formula is C14H24O4. The second kappa shape index (κ2) is 6.66. The Morgan fingerprint density at radius 3 is 1.72 bits per heavy atom. The van der Waals surface area contributed by atoms with Gasteiger partial charge in [0.1, 0.15) is 17.0 Å². The third kappa shape index (κ3) is 4.59. The van der Waals surface area contributed by atoms with Gasteiger partial charge in [-0.3, -0.25) is 14.4 Å². The number of esters is 1. The van der Waals surface area contributed by atoms with Crippen molar-refractivity contribution in [3.05, 3.63) is 0 Å². The van der Waals surface area contributed by atoms with Crippen LogP contribution in [0.2, 0.25) is 0 Å². The minimum atomic E-state index is -1.17. The normalized spacial score (nSPS) is 16.8. The number of hydrogen-bond acceptors (Lipinski definition) is 4. The monoisotopic (exact) mass is 256 g/mol. The van der Waals surface area contributed by atoms with E-state index in [1.54, 1.807) is 13.8 Å². The zero-order valence-corrected chi connectivity index (χ0v) is 12.2. The summed E-state index contributed by atoms with van der Waals surface area (Å²) < 4.78 is 4.96. The molecule has 1 fully saturated rings. The van der Waals surface area contributed by atoms with Gasteiger partial charge in [0.2, 0.25) is 0 Å². The van der Waals surface area contributed by atoms with Crippen molar-refractivity contribution in [2.24, 2.45) is 11.3 Å². The molecule has 0 N–H and O–H groups in total. The Labute approximate surface area is 109 Å². The van der Waals surface area contributed by atoms with Crippen LogP contribution >= 0.6 is 0 Å². The fourth-order valence-electron chi connectivity index (χ4n) is 1.49. The predicted octanol–water partition coefficient (Wildman–Crippen LogP) is 2.54. The molecule has 0 heterocycles. The smallest absolute Gasteiger partial charge is 0.320 e. The quantitative estimate of drug-likeness (QED) is 0.575. The summed E-state index contributed by atoms with van der Waals surface area (Å²) in [4.78, 5) is 33.7. The zero-order valence-electron chi connectivity index (χ0n) is 12.2. The van der Waals surface area contributed by atoms with Crippen molar-refractivity contribution in [3.8, 4) is 0 Å². The van der Waals surface area contributed by atoms with Gasteiger partial charge in [0.15, 0.2) is 0 Å². The molecule has 0 unspecified atom stereocenters. The lowest BCUT2D eigenvalue weighted by atomic mass is 9.65. The summed E-state index contributed by atoms with van der Waals surface area (Å²) in [5.41, 5.74) is -1.17. The third-order valence-electron chi connectivity index (χ3n) is 2.41. The summed E-state index contributed by atoms with van der Waals surface area (Å²) in [6.45, 7) is 11.3. The molecule has 1 saturated carbocycles. The van der Waals surface area contributed by atoms with Crippen molar-refractivity contribution >= 4 is 17.5 Å².